The van der Waals surface area contributed by atoms with Crippen LogP contribution < -0.4 is 15.4 Å². The lowest BCUT2D eigenvalue weighted by Gasteiger charge is -2.32. The van der Waals surface area contributed by atoms with E-state index in [-0.39, 0.29) is 11.3 Å². The Bertz CT molecular complexity index is 543. The lowest BCUT2D eigenvalue weighted by Crippen LogP contribution is -2.34. The molecule has 3 rings (SSSR count). The summed E-state index contributed by atoms with van der Waals surface area (Å²) in [7, 11) is 0. The van der Waals surface area contributed by atoms with Crippen molar-refractivity contribution in [3.8, 4) is 5.75 Å². The Labute approximate surface area is 119 Å². The summed E-state index contributed by atoms with van der Waals surface area (Å²) in [6, 6.07) is 1.62. The minimum absolute atomic E-state index is 0.122. The fourth-order valence-corrected chi connectivity index (χ4v) is 2.89. The molecule has 1 heterocycles. The molecule has 1 aromatic rings. The van der Waals surface area contributed by atoms with E-state index < -0.39 is 5.97 Å². The number of carboxylic acid groups (broad SMARTS) is 1. The van der Waals surface area contributed by atoms with Crippen molar-refractivity contribution >= 4 is 33.3 Å². The van der Waals surface area contributed by atoms with Crippen molar-refractivity contribution in [2.75, 3.05) is 30.3 Å². The van der Waals surface area contributed by atoms with Crippen molar-refractivity contribution in [2.45, 2.75) is 12.8 Å². The second-order valence-electron chi connectivity index (χ2n) is 5.04. The Kier molecular flexibility index (Phi) is 3.05. The Morgan fingerprint density at radius 2 is 2.32 bits per heavy atom. The summed E-state index contributed by atoms with van der Waals surface area (Å²) in [4.78, 5) is 13.4. The van der Waals surface area contributed by atoms with Crippen LogP contribution in [0.25, 0.3) is 0 Å². The summed E-state index contributed by atoms with van der Waals surface area (Å²) >= 11 is 3.35. The lowest BCUT2D eigenvalue weighted by atomic mass is 10.1. The zero-order valence-corrected chi connectivity index (χ0v) is 11.9. The topological polar surface area (TPSA) is 75.8 Å². The van der Waals surface area contributed by atoms with Crippen LogP contribution in [0.2, 0.25) is 0 Å². The maximum absolute atomic E-state index is 11.2. The molecule has 2 aliphatic rings. The number of anilines is 2. The molecular formula is C13H15BrN2O3. The molecule has 0 saturated heterocycles. The van der Waals surface area contributed by atoms with Gasteiger partial charge in [-0.05, 0) is 40.8 Å². The number of rotatable bonds is 3. The smallest absolute Gasteiger partial charge is 0.337 e. The summed E-state index contributed by atoms with van der Waals surface area (Å²) in [5, 5.41) is 9.21. The number of aromatic carboxylic acids is 1. The van der Waals surface area contributed by atoms with Crippen LogP contribution in [-0.2, 0) is 0 Å². The van der Waals surface area contributed by atoms with E-state index in [2.05, 4.69) is 20.8 Å². The van der Waals surface area contributed by atoms with Crippen molar-refractivity contribution in [1.82, 2.24) is 0 Å². The van der Waals surface area contributed by atoms with Gasteiger partial charge in [0.1, 0.15) is 6.61 Å². The number of nitrogens with two attached hydrogens (primary N) is 1. The predicted octanol–water partition coefficient (Wildman–Crippen LogP) is 2.34. The highest BCUT2D eigenvalue weighted by atomic mass is 79.9. The maximum atomic E-state index is 11.2. The van der Waals surface area contributed by atoms with Crippen LogP contribution in [-0.4, -0.2) is 30.8 Å². The summed E-state index contributed by atoms with van der Waals surface area (Å²) in [6.45, 7) is 2.36. The van der Waals surface area contributed by atoms with E-state index >= 15 is 0 Å². The molecule has 0 spiro atoms. The minimum atomic E-state index is -1.02. The van der Waals surface area contributed by atoms with E-state index in [4.69, 9.17) is 10.5 Å². The molecule has 102 valence electrons. The normalized spacial score (nSPS) is 17.8. The molecule has 0 atom stereocenters. The molecule has 0 unspecified atom stereocenters. The first-order valence-electron chi connectivity index (χ1n) is 6.31. The Balaban J connectivity index is 2.05. The fourth-order valence-electron chi connectivity index (χ4n) is 2.36. The van der Waals surface area contributed by atoms with Gasteiger partial charge in [0.05, 0.1) is 28.0 Å². The van der Waals surface area contributed by atoms with Crippen molar-refractivity contribution in [2.24, 2.45) is 5.92 Å². The van der Waals surface area contributed by atoms with Gasteiger partial charge in [-0.15, -0.1) is 0 Å². The molecule has 5 nitrogen and oxygen atoms in total. The molecule has 0 radical (unpaired) electrons. The number of ether oxygens (including phenoxy) is 1. The van der Waals surface area contributed by atoms with Crippen LogP contribution in [0, 0.1) is 5.92 Å². The molecule has 1 aliphatic heterocycles. The second-order valence-corrected chi connectivity index (χ2v) is 5.84. The number of halogens is 1. The molecule has 1 aromatic carbocycles. The van der Waals surface area contributed by atoms with E-state index in [0.717, 1.165) is 24.7 Å². The molecular weight excluding hydrogens is 312 g/mol. The van der Waals surface area contributed by atoms with Crippen molar-refractivity contribution in [3.63, 3.8) is 0 Å². The molecule has 0 bridgehead atoms. The first-order chi connectivity index (χ1) is 9.08. The van der Waals surface area contributed by atoms with Gasteiger partial charge in [-0.3, -0.25) is 0 Å². The van der Waals surface area contributed by atoms with Crippen LogP contribution in [0.3, 0.4) is 0 Å². The van der Waals surface area contributed by atoms with Crippen LogP contribution in [0.4, 0.5) is 11.4 Å². The average molecular weight is 327 g/mol. The molecule has 6 heteroatoms. The SMILES string of the molecule is Nc1c(C(=O)O)cc2c(c1Br)OCCN2CC1CC1. The predicted molar refractivity (Wildman–Crippen MR) is 75.9 cm³/mol. The van der Waals surface area contributed by atoms with Gasteiger partial charge < -0.3 is 20.5 Å². The van der Waals surface area contributed by atoms with E-state index in [1.54, 1.807) is 6.07 Å². The van der Waals surface area contributed by atoms with Crippen LogP contribution >= 0.6 is 15.9 Å². The van der Waals surface area contributed by atoms with Gasteiger partial charge in [-0.25, -0.2) is 4.79 Å². The van der Waals surface area contributed by atoms with Crippen molar-refractivity contribution in [3.05, 3.63) is 16.1 Å². The number of hydrogen-bond acceptors (Lipinski definition) is 4. The lowest BCUT2D eigenvalue weighted by molar-refractivity contribution is 0.0698. The highest BCUT2D eigenvalue weighted by Gasteiger charge is 2.30. The molecule has 19 heavy (non-hydrogen) atoms. The van der Waals surface area contributed by atoms with E-state index in [0.29, 0.717) is 16.8 Å². The van der Waals surface area contributed by atoms with Crippen LogP contribution in [0.1, 0.15) is 23.2 Å². The number of carboxylic acids is 1. The second kappa shape index (κ2) is 4.59. The largest absolute Gasteiger partial charge is 0.488 e. The van der Waals surface area contributed by atoms with Gasteiger partial charge in [0, 0.05) is 6.54 Å². The molecule has 1 fully saturated rings. The van der Waals surface area contributed by atoms with E-state index in [1.165, 1.54) is 12.8 Å². The van der Waals surface area contributed by atoms with Gasteiger partial charge in [-0.1, -0.05) is 0 Å². The third-order valence-corrected chi connectivity index (χ3v) is 4.38. The standard InChI is InChI=1S/C13H15BrN2O3/c14-10-11(15)8(13(17)18)5-9-12(10)19-4-3-16(9)6-7-1-2-7/h5,7H,1-4,6,15H2,(H,17,18). The van der Waals surface area contributed by atoms with Gasteiger partial charge in [0.2, 0.25) is 0 Å². The summed E-state index contributed by atoms with van der Waals surface area (Å²) in [5.74, 6) is 0.378. The third kappa shape index (κ3) is 2.25. The van der Waals surface area contributed by atoms with E-state index in [9.17, 15) is 9.90 Å². The number of nitrogens with zero attached hydrogens (tertiary/aromatic N) is 1. The highest BCUT2D eigenvalue weighted by Crippen LogP contribution is 2.44. The van der Waals surface area contributed by atoms with Crippen molar-refractivity contribution < 1.29 is 14.6 Å². The molecule has 3 N–H and O–H groups in total. The summed E-state index contributed by atoms with van der Waals surface area (Å²) in [5.41, 5.74) is 7.01. The summed E-state index contributed by atoms with van der Waals surface area (Å²) < 4.78 is 6.18. The third-order valence-electron chi connectivity index (χ3n) is 3.59. The number of carbonyl (C=O) groups is 1. The Morgan fingerprint density at radius 1 is 1.58 bits per heavy atom. The first-order valence-corrected chi connectivity index (χ1v) is 7.10. The van der Waals surface area contributed by atoms with Gasteiger partial charge in [-0.2, -0.15) is 0 Å². The molecule has 0 amide bonds. The number of nitrogen functional groups attached to an aromatic ring is 1. The fraction of sp³-hybridized carbons (Fsp3) is 0.462. The molecule has 1 aliphatic carbocycles. The maximum Gasteiger partial charge on any atom is 0.337 e. The minimum Gasteiger partial charge on any atom is -0.488 e. The molecule has 0 aromatic heterocycles. The number of hydrogen-bond donors (Lipinski definition) is 2. The average Bonchev–Trinajstić information content (AvgIpc) is 3.18. The van der Waals surface area contributed by atoms with Crippen LogP contribution in [0.15, 0.2) is 10.5 Å². The van der Waals surface area contributed by atoms with Gasteiger partial charge in [0.15, 0.2) is 5.75 Å². The van der Waals surface area contributed by atoms with Crippen molar-refractivity contribution in [1.29, 1.82) is 0 Å². The highest BCUT2D eigenvalue weighted by molar-refractivity contribution is 9.10. The zero-order chi connectivity index (χ0) is 13.6. The Hall–Kier alpha value is -1.43. The van der Waals surface area contributed by atoms with Gasteiger partial charge >= 0.3 is 5.97 Å². The molecule has 1 saturated carbocycles. The number of fused-ring (bicyclic) bond motifs is 1. The first kappa shape index (κ1) is 12.6. The van der Waals surface area contributed by atoms with E-state index in [1.807, 2.05) is 0 Å². The summed E-state index contributed by atoms with van der Waals surface area (Å²) in [6.07, 6.45) is 2.52. The number of benzene rings is 1. The van der Waals surface area contributed by atoms with Crippen LogP contribution in [0.5, 0.6) is 5.75 Å². The Morgan fingerprint density at radius 3 is 2.95 bits per heavy atom. The quantitative estimate of drug-likeness (QED) is 0.834. The monoisotopic (exact) mass is 326 g/mol. The zero-order valence-electron chi connectivity index (χ0n) is 10.4. The van der Waals surface area contributed by atoms with Gasteiger partial charge in [0.25, 0.3) is 0 Å².